The quantitative estimate of drug-likeness (QED) is 0.211. The van der Waals surface area contributed by atoms with Gasteiger partial charge in [-0.2, -0.15) is 0 Å². The number of pyridine rings is 1. The van der Waals surface area contributed by atoms with Crippen LogP contribution < -0.4 is 20.1 Å². The van der Waals surface area contributed by atoms with E-state index in [-0.39, 0.29) is 11.8 Å². The molecular weight excluding hydrogens is 551 g/mol. The monoisotopic (exact) mass is 579 g/mol. The van der Waals surface area contributed by atoms with Crippen molar-refractivity contribution in [3.8, 4) is 28.7 Å². The van der Waals surface area contributed by atoms with E-state index in [9.17, 15) is 13.2 Å². The van der Waals surface area contributed by atoms with Crippen molar-refractivity contribution in [2.24, 2.45) is 4.99 Å². The van der Waals surface area contributed by atoms with Crippen LogP contribution in [0.1, 0.15) is 0 Å². The fraction of sp³-hybridized carbons (Fsp3) is 0.233. The zero-order valence-corrected chi connectivity index (χ0v) is 23.1. The van der Waals surface area contributed by atoms with Gasteiger partial charge in [-0.15, -0.1) is 13.2 Å². The summed E-state index contributed by atoms with van der Waals surface area (Å²) in [7, 11) is 4.72. The molecule has 2 aromatic carbocycles. The third-order valence-corrected chi connectivity index (χ3v) is 6.30. The average Bonchev–Trinajstić information content (AvgIpc) is 2.96. The number of fused-ring (bicyclic) bond motifs is 2. The van der Waals surface area contributed by atoms with E-state index in [2.05, 4.69) is 15.0 Å². The number of halogens is 3. The first-order chi connectivity index (χ1) is 20.3. The molecule has 1 aromatic heterocycles. The Kier molecular flexibility index (Phi) is 8.55. The molecule has 2 heterocycles. The highest BCUT2D eigenvalue weighted by atomic mass is 19.4. The molecule has 12 heteroatoms. The summed E-state index contributed by atoms with van der Waals surface area (Å²) in [4.78, 5) is 14.1. The fourth-order valence-electron chi connectivity index (χ4n) is 4.62. The Bertz CT molecular complexity index is 1700. The summed E-state index contributed by atoms with van der Waals surface area (Å²) in [5, 5.41) is 3.95. The highest BCUT2D eigenvalue weighted by Crippen LogP contribution is 2.32. The Labute approximate surface area is 239 Å². The number of nitrogens with one attached hydrogen (secondary N) is 1. The van der Waals surface area contributed by atoms with Crippen molar-refractivity contribution in [1.29, 1.82) is 0 Å². The van der Waals surface area contributed by atoms with Gasteiger partial charge in [-0.3, -0.25) is 4.99 Å². The molecule has 5 rings (SSSR count). The highest BCUT2D eigenvalue weighted by Gasteiger charge is 2.31. The molecule has 2 aliphatic rings. The van der Waals surface area contributed by atoms with Crippen LogP contribution in [0.5, 0.6) is 11.6 Å². The molecule has 0 saturated heterocycles. The predicted molar refractivity (Wildman–Crippen MR) is 152 cm³/mol. The molecule has 0 unspecified atom stereocenters. The van der Waals surface area contributed by atoms with Crippen LogP contribution >= 0.6 is 0 Å². The number of methoxy groups -OCH3 is 3. The minimum Gasteiger partial charge on any atom is -0.480 e. The normalized spacial score (nSPS) is 12.3. The summed E-state index contributed by atoms with van der Waals surface area (Å²) in [6.07, 6.45) is -3.16. The van der Waals surface area contributed by atoms with Gasteiger partial charge in [-0.1, -0.05) is 12.1 Å². The SMILES string of the molecule is COCC(COC)/N=c1\cc2n(-c3ccc(OC(F)(F)F)cc3)c3ccccc3nc-2cc1Nc1cccnc1OC. The second-order valence-corrected chi connectivity index (χ2v) is 9.21. The molecule has 3 aromatic rings. The van der Waals surface area contributed by atoms with Crippen LogP contribution in [0, 0.1) is 0 Å². The second kappa shape index (κ2) is 12.5. The number of benzene rings is 3. The van der Waals surface area contributed by atoms with Gasteiger partial charge in [0, 0.05) is 26.1 Å². The third-order valence-electron chi connectivity index (χ3n) is 6.30. The van der Waals surface area contributed by atoms with Crippen molar-refractivity contribution in [1.82, 2.24) is 14.5 Å². The number of rotatable bonds is 10. The van der Waals surface area contributed by atoms with Gasteiger partial charge in [0.15, 0.2) is 0 Å². The Morgan fingerprint density at radius 3 is 2.33 bits per heavy atom. The zero-order valence-electron chi connectivity index (χ0n) is 23.1. The number of ether oxygens (including phenoxy) is 4. The summed E-state index contributed by atoms with van der Waals surface area (Å²) >= 11 is 0. The first kappa shape index (κ1) is 28.8. The molecular formula is C30H28F3N5O4. The maximum atomic E-state index is 12.8. The van der Waals surface area contributed by atoms with Crippen LogP contribution in [-0.2, 0) is 9.47 Å². The Balaban J connectivity index is 1.76. The van der Waals surface area contributed by atoms with E-state index in [0.717, 1.165) is 5.52 Å². The van der Waals surface area contributed by atoms with Crippen LogP contribution in [0.3, 0.4) is 0 Å². The van der Waals surface area contributed by atoms with Gasteiger partial charge in [-0.05, 0) is 60.7 Å². The first-order valence-electron chi connectivity index (χ1n) is 12.9. The summed E-state index contributed by atoms with van der Waals surface area (Å²) in [5.41, 5.74) is 4.60. The highest BCUT2D eigenvalue weighted by molar-refractivity contribution is 5.84. The number of anilines is 2. The number of nitrogens with zero attached hydrogens (tertiary/aromatic N) is 4. The summed E-state index contributed by atoms with van der Waals surface area (Å²) in [5.74, 6) is 0.0839. The minimum atomic E-state index is -4.79. The van der Waals surface area contributed by atoms with Gasteiger partial charge in [0.05, 0.1) is 59.8 Å². The number of hydrogen-bond acceptors (Lipinski definition) is 8. The molecule has 0 atom stereocenters. The Morgan fingerprint density at radius 1 is 0.905 bits per heavy atom. The van der Waals surface area contributed by atoms with E-state index in [1.165, 1.54) is 19.2 Å². The molecule has 0 fully saturated rings. The molecule has 42 heavy (non-hydrogen) atoms. The number of alkyl halides is 3. The average molecular weight is 580 g/mol. The Hall–Kier alpha value is -4.68. The standard InChI is InChI=1S/C30H28F3N5O4/c1-39-17-19(18-40-2)35-25-16-28-26(15-24(25)37-23-8-6-14-34-29(23)41-3)36-22-7-4-5-9-27(22)38(28)20-10-12-21(13-11-20)42-30(31,32)33/h4-16,19,37H,17-18H2,1-3H3/b35-25+. The van der Waals surface area contributed by atoms with Crippen molar-refractivity contribution in [3.05, 3.63) is 84.4 Å². The van der Waals surface area contributed by atoms with Crippen LogP contribution in [0.2, 0.25) is 0 Å². The largest absolute Gasteiger partial charge is 0.573 e. The van der Waals surface area contributed by atoms with E-state index in [4.69, 9.17) is 24.2 Å². The third kappa shape index (κ3) is 6.45. The van der Waals surface area contributed by atoms with Crippen molar-refractivity contribution >= 4 is 22.4 Å². The van der Waals surface area contributed by atoms with E-state index in [1.807, 2.05) is 47.0 Å². The number of para-hydroxylation sites is 2. The Morgan fingerprint density at radius 2 is 1.64 bits per heavy atom. The molecule has 218 valence electrons. The van der Waals surface area contributed by atoms with Crippen LogP contribution in [0.4, 0.5) is 24.5 Å². The van der Waals surface area contributed by atoms with Crippen LogP contribution in [0.15, 0.2) is 84.0 Å². The maximum Gasteiger partial charge on any atom is 0.573 e. The lowest BCUT2D eigenvalue weighted by Crippen LogP contribution is -2.24. The summed E-state index contributed by atoms with van der Waals surface area (Å²) in [6.45, 7) is 0.635. The van der Waals surface area contributed by atoms with Crippen molar-refractivity contribution in [3.63, 3.8) is 0 Å². The molecule has 1 aliphatic heterocycles. The molecule has 0 radical (unpaired) electrons. The summed E-state index contributed by atoms with van der Waals surface area (Å²) < 4.78 is 60.6. The van der Waals surface area contributed by atoms with Gasteiger partial charge in [0.25, 0.3) is 0 Å². The molecule has 0 bridgehead atoms. The van der Waals surface area contributed by atoms with Gasteiger partial charge in [0.1, 0.15) is 11.4 Å². The zero-order chi connectivity index (χ0) is 29.7. The lowest BCUT2D eigenvalue weighted by Gasteiger charge is -2.21. The van der Waals surface area contributed by atoms with E-state index in [0.29, 0.717) is 58.4 Å². The van der Waals surface area contributed by atoms with Crippen LogP contribution in [0.25, 0.3) is 28.1 Å². The van der Waals surface area contributed by atoms with Crippen molar-refractivity contribution in [2.75, 3.05) is 39.9 Å². The van der Waals surface area contributed by atoms with Crippen LogP contribution in [-0.4, -0.2) is 61.5 Å². The van der Waals surface area contributed by atoms with Crippen molar-refractivity contribution < 1.29 is 32.1 Å². The predicted octanol–water partition coefficient (Wildman–Crippen LogP) is 5.74. The topological polar surface area (TPSA) is 92.0 Å². The number of aromatic nitrogens is 3. The lowest BCUT2D eigenvalue weighted by molar-refractivity contribution is -0.274. The minimum absolute atomic E-state index is 0.316. The molecule has 1 N–H and O–H groups in total. The van der Waals surface area contributed by atoms with Gasteiger partial charge >= 0.3 is 6.36 Å². The molecule has 9 nitrogen and oxygen atoms in total. The first-order valence-corrected chi connectivity index (χ1v) is 12.9. The molecule has 0 amide bonds. The van der Waals surface area contributed by atoms with E-state index >= 15 is 0 Å². The second-order valence-electron chi connectivity index (χ2n) is 9.21. The van der Waals surface area contributed by atoms with E-state index in [1.54, 1.807) is 38.6 Å². The molecule has 0 saturated carbocycles. The van der Waals surface area contributed by atoms with Gasteiger partial charge in [0.2, 0.25) is 5.88 Å². The lowest BCUT2D eigenvalue weighted by atomic mass is 10.1. The molecule has 0 spiro atoms. The van der Waals surface area contributed by atoms with E-state index < -0.39 is 6.36 Å². The maximum absolute atomic E-state index is 12.8. The fourth-order valence-corrected chi connectivity index (χ4v) is 4.62. The van der Waals surface area contributed by atoms with Crippen molar-refractivity contribution in [2.45, 2.75) is 12.4 Å². The summed E-state index contributed by atoms with van der Waals surface area (Å²) in [6, 6.07) is 20.2. The molecule has 1 aliphatic carbocycles. The smallest absolute Gasteiger partial charge is 0.480 e. The van der Waals surface area contributed by atoms with Gasteiger partial charge < -0.3 is 28.8 Å². The number of hydrogen-bond donors (Lipinski definition) is 1. The van der Waals surface area contributed by atoms with Gasteiger partial charge in [-0.25, -0.2) is 9.97 Å².